The molecule has 88 heavy (non-hydrogen) atoms. The molecule has 0 heterocycles. The van der Waals surface area contributed by atoms with Gasteiger partial charge in [-0.15, -0.1) is 0 Å². The van der Waals surface area contributed by atoms with E-state index in [0.29, 0.717) is 25.7 Å². The van der Waals surface area contributed by atoms with E-state index in [1.54, 1.807) is 0 Å². The summed E-state index contributed by atoms with van der Waals surface area (Å²) in [5.74, 6) is 0.843. The van der Waals surface area contributed by atoms with Crippen molar-refractivity contribution in [2.45, 2.75) is 356 Å². The van der Waals surface area contributed by atoms with Crippen molar-refractivity contribution in [3.63, 3.8) is 0 Å². The standard InChI is InChI=1S/C69H134O17P2/c1-9-62(8)48-40-32-27-28-34-42-50-67(72)80-56-65(86-69(74)52-44-36-26-20-14-17-23-31-39-47-61(6)7)58-84-88(77,78)82-54-63(70)53-81-87(75,76)83-57-64(85-68(73)51-43-35-25-19-13-16-22-30-38-46-60(4)5)55-79-66(71)49-41-33-24-18-12-10-11-15-21-29-37-45-59(2)3/h59-65,70H,9-58H2,1-8H3,(H,75,76)(H,77,78)/t62?,63-,64-,65-/m1/s1. The zero-order valence-electron chi connectivity index (χ0n) is 57.3. The molecule has 0 spiro atoms. The Morgan fingerprint density at radius 1 is 0.318 bits per heavy atom. The van der Waals surface area contributed by atoms with E-state index in [4.69, 9.17) is 37.0 Å². The van der Waals surface area contributed by atoms with Crippen molar-refractivity contribution in [2.24, 2.45) is 23.7 Å². The number of esters is 4. The first-order valence-corrected chi connectivity index (χ1v) is 38.7. The largest absolute Gasteiger partial charge is 0.472 e. The van der Waals surface area contributed by atoms with Crippen LogP contribution in [0.2, 0.25) is 0 Å². The summed E-state index contributed by atoms with van der Waals surface area (Å²) in [6.07, 6.45) is 40.3. The average molecular weight is 1300 g/mol. The number of carbonyl (C=O) groups excluding carboxylic acids is 4. The zero-order valence-corrected chi connectivity index (χ0v) is 59.1. The first kappa shape index (κ1) is 86.1. The van der Waals surface area contributed by atoms with Crippen LogP contribution in [0.1, 0.15) is 338 Å². The van der Waals surface area contributed by atoms with E-state index in [2.05, 4.69) is 55.4 Å². The van der Waals surface area contributed by atoms with Crippen molar-refractivity contribution < 1.29 is 80.2 Å². The van der Waals surface area contributed by atoms with Gasteiger partial charge in [-0.2, -0.15) is 0 Å². The van der Waals surface area contributed by atoms with E-state index < -0.39 is 97.5 Å². The van der Waals surface area contributed by atoms with Gasteiger partial charge < -0.3 is 33.8 Å². The number of hydrogen-bond acceptors (Lipinski definition) is 15. The molecule has 0 aromatic rings. The van der Waals surface area contributed by atoms with Crippen LogP contribution in [0.4, 0.5) is 0 Å². The van der Waals surface area contributed by atoms with Gasteiger partial charge in [-0.3, -0.25) is 37.3 Å². The number of phosphoric acid groups is 2. The molecule has 17 nitrogen and oxygen atoms in total. The van der Waals surface area contributed by atoms with Gasteiger partial charge in [-0.1, -0.05) is 287 Å². The molecule has 522 valence electrons. The van der Waals surface area contributed by atoms with Crippen LogP contribution in [0.5, 0.6) is 0 Å². The number of rotatable bonds is 66. The van der Waals surface area contributed by atoms with Crippen LogP contribution in [0.3, 0.4) is 0 Å². The highest BCUT2D eigenvalue weighted by molar-refractivity contribution is 7.47. The predicted molar refractivity (Wildman–Crippen MR) is 354 cm³/mol. The Morgan fingerprint density at radius 2 is 0.545 bits per heavy atom. The quantitative estimate of drug-likeness (QED) is 0.0222. The van der Waals surface area contributed by atoms with Gasteiger partial charge in [-0.25, -0.2) is 9.13 Å². The fourth-order valence-corrected chi connectivity index (χ4v) is 11.9. The predicted octanol–water partition coefficient (Wildman–Crippen LogP) is 19.3. The summed E-state index contributed by atoms with van der Waals surface area (Å²) in [6, 6.07) is 0. The molecule has 0 saturated carbocycles. The van der Waals surface area contributed by atoms with Crippen LogP contribution in [-0.4, -0.2) is 96.7 Å². The number of unbranched alkanes of at least 4 members (excludes halogenated alkanes) is 31. The van der Waals surface area contributed by atoms with Crippen LogP contribution in [-0.2, 0) is 65.4 Å². The summed E-state index contributed by atoms with van der Waals surface area (Å²) in [5.41, 5.74) is 0. The van der Waals surface area contributed by atoms with Crippen molar-refractivity contribution >= 4 is 39.5 Å². The maximum Gasteiger partial charge on any atom is 0.472 e. The molecule has 0 aliphatic carbocycles. The molecule has 0 amide bonds. The lowest BCUT2D eigenvalue weighted by Gasteiger charge is -2.21. The fourth-order valence-electron chi connectivity index (χ4n) is 10.3. The number of hydrogen-bond donors (Lipinski definition) is 3. The van der Waals surface area contributed by atoms with Gasteiger partial charge in [-0.05, 0) is 49.4 Å². The maximum atomic E-state index is 13.0. The number of ether oxygens (including phenoxy) is 4. The molecular formula is C69H134O17P2. The second kappa shape index (κ2) is 58.8. The molecule has 0 aromatic carbocycles. The minimum absolute atomic E-state index is 0.104. The SMILES string of the molecule is CCC(C)CCCCCCCCC(=O)OC[C@H](COP(=O)(O)OC[C@H](O)COP(=O)(O)OC[C@@H](COC(=O)CCCCCCCCCCCCCC(C)C)OC(=O)CCCCCCCCCCCC(C)C)OC(=O)CCCCCCCCCCCC(C)C. The Balaban J connectivity index is 5.26. The van der Waals surface area contributed by atoms with Gasteiger partial charge in [0.05, 0.1) is 26.4 Å². The number of aliphatic hydroxyl groups is 1. The molecule has 0 aliphatic rings. The monoisotopic (exact) mass is 1300 g/mol. The molecule has 0 rings (SSSR count). The third kappa shape index (κ3) is 61.6. The van der Waals surface area contributed by atoms with E-state index >= 15 is 0 Å². The molecule has 0 bridgehead atoms. The van der Waals surface area contributed by atoms with Crippen LogP contribution in [0.25, 0.3) is 0 Å². The van der Waals surface area contributed by atoms with Gasteiger partial charge in [0, 0.05) is 25.7 Å². The Morgan fingerprint density at radius 3 is 0.807 bits per heavy atom. The molecule has 0 aromatic heterocycles. The lowest BCUT2D eigenvalue weighted by molar-refractivity contribution is -0.161. The van der Waals surface area contributed by atoms with Crippen molar-refractivity contribution in [3.8, 4) is 0 Å². The fraction of sp³-hybridized carbons (Fsp3) is 0.942. The molecule has 19 heteroatoms. The summed E-state index contributed by atoms with van der Waals surface area (Å²) in [6.45, 7) is 14.1. The second-order valence-electron chi connectivity index (χ2n) is 26.6. The number of phosphoric ester groups is 2. The molecule has 0 aliphatic heterocycles. The van der Waals surface area contributed by atoms with Crippen molar-refractivity contribution in [2.75, 3.05) is 39.6 Å². The van der Waals surface area contributed by atoms with E-state index in [1.807, 2.05) is 0 Å². The van der Waals surface area contributed by atoms with Crippen LogP contribution >= 0.6 is 15.6 Å². The summed E-state index contributed by atoms with van der Waals surface area (Å²) in [4.78, 5) is 72.5. The highest BCUT2D eigenvalue weighted by Crippen LogP contribution is 2.45. The molecule has 0 radical (unpaired) electrons. The average Bonchev–Trinajstić information content (AvgIpc) is 3.67. The summed E-state index contributed by atoms with van der Waals surface area (Å²) in [7, 11) is -9.90. The number of aliphatic hydroxyl groups excluding tert-OH is 1. The second-order valence-corrected chi connectivity index (χ2v) is 29.5. The minimum atomic E-state index is -4.95. The van der Waals surface area contributed by atoms with Gasteiger partial charge in [0.2, 0.25) is 0 Å². The van der Waals surface area contributed by atoms with Gasteiger partial charge in [0.1, 0.15) is 19.3 Å². The molecule has 0 saturated heterocycles. The highest BCUT2D eigenvalue weighted by Gasteiger charge is 2.30. The minimum Gasteiger partial charge on any atom is -0.462 e. The third-order valence-corrected chi connectivity index (χ3v) is 18.1. The lowest BCUT2D eigenvalue weighted by atomic mass is 10.00. The Hall–Kier alpha value is -1.94. The lowest BCUT2D eigenvalue weighted by Crippen LogP contribution is -2.30. The number of carbonyl (C=O) groups is 4. The first-order chi connectivity index (χ1) is 42.1. The van der Waals surface area contributed by atoms with Crippen LogP contribution < -0.4 is 0 Å². The topological polar surface area (TPSA) is 237 Å². The smallest absolute Gasteiger partial charge is 0.462 e. The first-order valence-electron chi connectivity index (χ1n) is 35.7. The highest BCUT2D eigenvalue weighted by atomic mass is 31.2. The van der Waals surface area contributed by atoms with E-state index in [-0.39, 0.29) is 25.7 Å². The summed E-state index contributed by atoms with van der Waals surface area (Å²) in [5, 5.41) is 10.6. The normalized spacial score (nSPS) is 14.6. The molecular weight excluding hydrogens is 1160 g/mol. The van der Waals surface area contributed by atoms with Gasteiger partial charge >= 0.3 is 39.5 Å². The Labute approximate surface area is 537 Å². The summed E-state index contributed by atoms with van der Waals surface area (Å²) < 4.78 is 68.2. The van der Waals surface area contributed by atoms with Crippen molar-refractivity contribution in [1.82, 2.24) is 0 Å². The van der Waals surface area contributed by atoms with Crippen molar-refractivity contribution in [1.29, 1.82) is 0 Å². The Kier molecular flexibility index (Phi) is 57.6. The van der Waals surface area contributed by atoms with E-state index in [1.165, 1.54) is 135 Å². The van der Waals surface area contributed by atoms with Crippen LogP contribution in [0, 0.1) is 23.7 Å². The molecule has 0 fully saturated rings. The molecule has 6 atom stereocenters. The zero-order chi connectivity index (χ0) is 65.4. The van der Waals surface area contributed by atoms with Crippen LogP contribution in [0.15, 0.2) is 0 Å². The van der Waals surface area contributed by atoms with E-state index in [0.717, 1.165) is 120 Å². The van der Waals surface area contributed by atoms with E-state index in [9.17, 15) is 43.2 Å². The molecule has 3 N–H and O–H groups in total. The van der Waals surface area contributed by atoms with Gasteiger partial charge in [0.15, 0.2) is 12.2 Å². The third-order valence-electron chi connectivity index (χ3n) is 16.2. The molecule has 3 unspecified atom stereocenters. The summed E-state index contributed by atoms with van der Waals surface area (Å²) >= 11 is 0. The Bertz CT molecular complexity index is 1750. The maximum absolute atomic E-state index is 13.0. The van der Waals surface area contributed by atoms with Gasteiger partial charge in [0.25, 0.3) is 0 Å². The van der Waals surface area contributed by atoms with Crippen molar-refractivity contribution in [3.05, 3.63) is 0 Å².